The van der Waals surface area contributed by atoms with Gasteiger partial charge in [-0.1, -0.05) is 0 Å². The molecule has 0 aliphatic carbocycles. The van der Waals surface area contributed by atoms with Crippen molar-refractivity contribution in [3.63, 3.8) is 0 Å². The Hall–Kier alpha value is -0.0800. The second kappa shape index (κ2) is 2.46. The number of hydrogen-bond acceptors (Lipinski definition) is 2. The van der Waals surface area contributed by atoms with Crippen LogP contribution in [0.4, 0.5) is 0 Å². The van der Waals surface area contributed by atoms with Gasteiger partial charge in [-0.25, -0.2) is 0 Å². The highest BCUT2D eigenvalue weighted by Gasteiger charge is 2.45. The van der Waals surface area contributed by atoms with Crippen molar-refractivity contribution >= 4 is 0 Å². The fourth-order valence-corrected chi connectivity index (χ4v) is 2.88. The van der Waals surface area contributed by atoms with Crippen molar-refractivity contribution in [1.82, 2.24) is 4.90 Å². The standard InChI is InChI=1S/C9H18N2/c1-6(2)11-7-3-4-9(11)8(10)5-7/h6-9H,3-5,10H2,1-2H3/t7-,8+,9+/m0/s1. The molecule has 2 aliphatic heterocycles. The van der Waals surface area contributed by atoms with Gasteiger partial charge in [0, 0.05) is 24.2 Å². The highest BCUT2D eigenvalue weighted by molar-refractivity contribution is 5.03. The van der Waals surface area contributed by atoms with Gasteiger partial charge in [0.2, 0.25) is 0 Å². The van der Waals surface area contributed by atoms with Gasteiger partial charge < -0.3 is 5.73 Å². The molecule has 0 spiro atoms. The van der Waals surface area contributed by atoms with Crippen molar-refractivity contribution in [2.45, 2.75) is 57.3 Å². The lowest BCUT2D eigenvalue weighted by Crippen LogP contribution is -2.40. The minimum Gasteiger partial charge on any atom is -0.326 e. The van der Waals surface area contributed by atoms with E-state index in [4.69, 9.17) is 5.73 Å². The molecule has 0 aromatic rings. The van der Waals surface area contributed by atoms with E-state index >= 15 is 0 Å². The van der Waals surface area contributed by atoms with Gasteiger partial charge in [0.1, 0.15) is 0 Å². The first-order valence-electron chi connectivity index (χ1n) is 4.73. The summed E-state index contributed by atoms with van der Waals surface area (Å²) >= 11 is 0. The maximum Gasteiger partial charge on any atom is 0.0254 e. The Morgan fingerprint density at radius 2 is 2.09 bits per heavy atom. The van der Waals surface area contributed by atoms with Crippen molar-refractivity contribution in [3.05, 3.63) is 0 Å². The molecular formula is C9H18N2. The van der Waals surface area contributed by atoms with E-state index in [1.807, 2.05) is 0 Å². The number of rotatable bonds is 1. The fourth-order valence-electron chi connectivity index (χ4n) is 2.88. The lowest BCUT2D eigenvalue weighted by Gasteiger charge is -2.26. The third-order valence-corrected chi connectivity index (χ3v) is 3.23. The molecule has 0 aromatic carbocycles. The van der Waals surface area contributed by atoms with Crippen molar-refractivity contribution in [1.29, 1.82) is 0 Å². The second-order valence-corrected chi connectivity index (χ2v) is 4.24. The molecule has 0 aromatic heterocycles. The van der Waals surface area contributed by atoms with Gasteiger partial charge in [-0.05, 0) is 33.1 Å². The Morgan fingerprint density at radius 1 is 1.36 bits per heavy atom. The summed E-state index contributed by atoms with van der Waals surface area (Å²) < 4.78 is 0. The molecule has 0 unspecified atom stereocenters. The van der Waals surface area contributed by atoms with Crippen LogP contribution in [0.2, 0.25) is 0 Å². The van der Waals surface area contributed by atoms with Crippen LogP contribution in [0.15, 0.2) is 0 Å². The number of nitrogens with zero attached hydrogens (tertiary/aromatic N) is 1. The molecule has 2 saturated heterocycles. The predicted octanol–water partition coefficient (Wildman–Crippen LogP) is 0.959. The quantitative estimate of drug-likeness (QED) is 0.609. The molecule has 2 aliphatic rings. The molecule has 0 amide bonds. The van der Waals surface area contributed by atoms with E-state index in [1.165, 1.54) is 19.3 Å². The molecule has 2 heteroatoms. The monoisotopic (exact) mass is 154 g/mol. The Morgan fingerprint density at radius 3 is 2.36 bits per heavy atom. The van der Waals surface area contributed by atoms with Crippen LogP contribution in [0.5, 0.6) is 0 Å². The van der Waals surface area contributed by atoms with Gasteiger partial charge in [-0.15, -0.1) is 0 Å². The summed E-state index contributed by atoms with van der Waals surface area (Å²) in [5.41, 5.74) is 6.01. The normalized spacial score (nSPS) is 44.2. The molecular weight excluding hydrogens is 136 g/mol. The molecule has 3 atom stereocenters. The van der Waals surface area contributed by atoms with Crippen LogP contribution in [0, 0.1) is 0 Å². The molecule has 2 heterocycles. The second-order valence-electron chi connectivity index (χ2n) is 4.24. The first kappa shape index (κ1) is 7.56. The van der Waals surface area contributed by atoms with Crippen LogP contribution in [0.3, 0.4) is 0 Å². The van der Waals surface area contributed by atoms with E-state index in [0.29, 0.717) is 18.1 Å². The lowest BCUT2D eigenvalue weighted by atomic mass is 9.97. The molecule has 0 radical (unpaired) electrons. The van der Waals surface area contributed by atoms with Gasteiger partial charge in [0.15, 0.2) is 0 Å². The highest BCUT2D eigenvalue weighted by atomic mass is 15.3. The third-order valence-electron chi connectivity index (χ3n) is 3.23. The summed E-state index contributed by atoms with van der Waals surface area (Å²) in [5, 5.41) is 0. The summed E-state index contributed by atoms with van der Waals surface area (Å²) in [6.45, 7) is 4.56. The summed E-state index contributed by atoms with van der Waals surface area (Å²) in [4.78, 5) is 2.62. The van der Waals surface area contributed by atoms with E-state index in [0.717, 1.165) is 6.04 Å². The maximum absolute atomic E-state index is 6.01. The molecule has 2 rings (SSSR count). The van der Waals surface area contributed by atoms with Crippen LogP contribution in [0.1, 0.15) is 33.1 Å². The fraction of sp³-hybridized carbons (Fsp3) is 1.00. The summed E-state index contributed by atoms with van der Waals surface area (Å²) in [7, 11) is 0. The van der Waals surface area contributed by atoms with Crippen LogP contribution in [-0.4, -0.2) is 29.1 Å². The zero-order valence-corrected chi connectivity index (χ0v) is 7.46. The van der Waals surface area contributed by atoms with Crippen LogP contribution in [-0.2, 0) is 0 Å². The average molecular weight is 154 g/mol. The molecule has 2 N–H and O–H groups in total. The van der Waals surface area contributed by atoms with Crippen LogP contribution in [0.25, 0.3) is 0 Å². The lowest BCUT2D eigenvalue weighted by molar-refractivity contribution is 0.197. The summed E-state index contributed by atoms with van der Waals surface area (Å²) in [6.07, 6.45) is 3.96. The van der Waals surface area contributed by atoms with Crippen molar-refractivity contribution < 1.29 is 0 Å². The molecule has 2 bridgehead atoms. The molecule has 0 saturated carbocycles. The first-order valence-corrected chi connectivity index (χ1v) is 4.73. The first-order chi connectivity index (χ1) is 5.20. The van der Waals surface area contributed by atoms with Gasteiger partial charge in [0.05, 0.1) is 0 Å². The van der Waals surface area contributed by atoms with Gasteiger partial charge in [0.25, 0.3) is 0 Å². The molecule has 64 valence electrons. The van der Waals surface area contributed by atoms with Crippen LogP contribution < -0.4 is 5.73 Å². The van der Waals surface area contributed by atoms with Crippen molar-refractivity contribution in [2.75, 3.05) is 0 Å². The SMILES string of the molecule is CC(C)N1[C@H]2CC[C@@H]1[C@H](N)C2. The van der Waals surface area contributed by atoms with Gasteiger partial charge >= 0.3 is 0 Å². The van der Waals surface area contributed by atoms with E-state index in [1.54, 1.807) is 0 Å². The largest absolute Gasteiger partial charge is 0.326 e. The van der Waals surface area contributed by atoms with E-state index in [2.05, 4.69) is 18.7 Å². The van der Waals surface area contributed by atoms with Gasteiger partial charge in [-0.2, -0.15) is 0 Å². The van der Waals surface area contributed by atoms with Crippen molar-refractivity contribution in [3.8, 4) is 0 Å². The topological polar surface area (TPSA) is 29.3 Å². The Bertz CT molecular complexity index is 156. The van der Waals surface area contributed by atoms with E-state index < -0.39 is 0 Å². The number of hydrogen-bond donors (Lipinski definition) is 1. The summed E-state index contributed by atoms with van der Waals surface area (Å²) in [6, 6.07) is 2.69. The Balaban J connectivity index is 2.13. The maximum atomic E-state index is 6.01. The van der Waals surface area contributed by atoms with Gasteiger partial charge in [-0.3, -0.25) is 4.90 Å². The average Bonchev–Trinajstić information content (AvgIpc) is 2.41. The highest BCUT2D eigenvalue weighted by Crippen LogP contribution is 2.37. The Kier molecular flexibility index (Phi) is 1.69. The molecule has 2 fully saturated rings. The summed E-state index contributed by atoms with van der Waals surface area (Å²) in [5.74, 6) is 0. The van der Waals surface area contributed by atoms with E-state index in [-0.39, 0.29) is 0 Å². The molecule has 2 nitrogen and oxygen atoms in total. The molecule has 11 heavy (non-hydrogen) atoms. The van der Waals surface area contributed by atoms with Crippen LogP contribution >= 0.6 is 0 Å². The van der Waals surface area contributed by atoms with Crippen molar-refractivity contribution in [2.24, 2.45) is 5.73 Å². The zero-order chi connectivity index (χ0) is 8.01. The minimum absolute atomic E-state index is 0.469. The number of nitrogens with two attached hydrogens (primary N) is 1. The third kappa shape index (κ3) is 1.00. The smallest absolute Gasteiger partial charge is 0.0254 e. The Labute approximate surface area is 68.7 Å². The minimum atomic E-state index is 0.469. The number of fused-ring (bicyclic) bond motifs is 2. The predicted molar refractivity (Wildman–Crippen MR) is 46.4 cm³/mol. The zero-order valence-electron chi connectivity index (χ0n) is 7.46. The van der Waals surface area contributed by atoms with E-state index in [9.17, 15) is 0 Å².